The van der Waals surface area contributed by atoms with E-state index in [4.69, 9.17) is 0 Å². The number of aromatic nitrogens is 2. The summed E-state index contributed by atoms with van der Waals surface area (Å²) in [7, 11) is 0. The molecule has 3 aromatic rings. The maximum atomic E-state index is 13.6. The molecule has 0 saturated heterocycles. The zero-order chi connectivity index (χ0) is 22.8. The highest BCUT2D eigenvalue weighted by molar-refractivity contribution is 6.02. The van der Waals surface area contributed by atoms with Crippen molar-refractivity contribution in [1.82, 2.24) is 14.9 Å². The largest absolute Gasteiger partial charge is 0.362 e. The van der Waals surface area contributed by atoms with Crippen molar-refractivity contribution >= 4 is 34.5 Å². The van der Waals surface area contributed by atoms with E-state index >= 15 is 0 Å². The summed E-state index contributed by atoms with van der Waals surface area (Å²) in [6, 6.07) is 15.6. The minimum Gasteiger partial charge on any atom is -0.362 e. The summed E-state index contributed by atoms with van der Waals surface area (Å²) in [6.07, 6.45) is 3.43. The van der Waals surface area contributed by atoms with E-state index in [0.29, 0.717) is 11.5 Å². The number of rotatable bonds is 3. The average molecular weight is 444 g/mol. The van der Waals surface area contributed by atoms with Crippen LogP contribution in [0.5, 0.6) is 0 Å². The molecule has 7 nitrogen and oxygen atoms in total. The maximum absolute atomic E-state index is 13.6. The molecule has 33 heavy (non-hydrogen) atoms. The first-order valence-corrected chi connectivity index (χ1v) is 11.9. The Labute approximate surface area is 193 Å². The van der Waals surface area contributed by atoms with Gasteiger partial charge in [0, 0.05) is 24.1 Å². The molecule has 4 aliphatic rings. The Morgan fingerprint density at radius 3 is 2.79 bits per heavy atom. The molecule has 2 amide bonds. The Morgan fingerprint density at radius 2 is 1.97 bits per heavy atom. The Bertz CT molecular complexity index is 1280. The minimum atomic E-state index is -0.494. The van der Waals surface area contributed by atoms with E-state index in [-0.39, 0.29) is 29.1 Å². The number of hydrogen-bond acceptors (Lipinski definition) is 4. The van der Waals surface area contributed by atoms with E-state index in [1.54, 1.807) is 0 Å². The number of hydrogen-bond donors (Lipinski definition) is 3. The number of imidazole rings is 1. The van der Waals surface area contributed by atoms with Gasteiger partial charge in [0.25, 0.3) is 5.91 Å². The summed E-state index contributed by atoms with van der Waals surface area (Å²) in [5.74, 6) is 0.685. The van der Waals surface area contributed by atoms with Crippen LogP contribution < -0.4 is 16.0 Å². The molecule has 1 aliphatic heterocycles. The van der Waals surface area contributed by atoms with E-state index in [1.807, 2.05) is 48.5 Å². The first kappa shape index (κ1) is 20.3. The molecular formula is C26H29N5O2. The third-order valence-corrected chi connectivity index (χ3v) is 8.19. The maximum Gasteiger partial charge on any atom is 0.255 e. The lowest BCUT2D eigenvalue weighted by Gasteiger charge is -2.60. The molecule has 4 unspecified atom stereocenters. The zero-order valence-corrected chi connectivity index (χ0v) is 19.0. The molecule has 7 rings (SSSR count). The van der Waals surface area contributed by atoms with Gasteiger partial charge in [-0.1, -0.05) is 31.2 Å². The number of benzene rings is 2. The summed E-state index contributed by atoms with van der Waals surface area (Å²) in [5, 5.41) is 10.1. The number of aryl methyl sites for hydroxylation is 1. The van der Waals surface area contributed by atoms with Crippen LogP contribution in [0, 0.1) is 17.3 Å². The third-order valence-electron chi connectivity index (χ3n) is 8.19. The molecule has 2 aromatic carbocycles. The molecule has 2 bridgehead atoms. The van der Waals surface area contributed by atoms with Gasteiger partial charge in [0.05, 0.1) is 16.6 Å². The zero-order valence-electron chi connectivity index (χ0n) is 19.0. The molecule has 170 valence electrons. The van der Waals surface area contributed by atoms with Crippen molar-refractivity contribution in [2.45, 2.75) is 51.7 Å². The fourth-order valence-electron chi connectivity index (χ4n) is 6.54. The Morgan fingerprint density at radius 1 is 1.18 bits per heavy atom. The van der Waals surface area contributed by atoms with Gasteiger partial charge in [0.15, 0.2) is 0 Å². The van der Waals surface area contributed by atoms with Gasteiger partial charge in [-0.2, -0.15) is 0 Å². The van der Waals surface area contributed by atoms with Crippen molar-refractivity contribution in [2.75, 3.05) is 10.6 Å². The van der Waals surface area contributed by atoms with Crippen LogP contribution in [0.3, 0.4) is 0 Å². The molecule has 7 heteroatoms. The van der Waals surface area contributed by atoms with E-state index in [2.05, 4.69) is 39.3 Å². The number of carbonyl (C=O) groups is 2. The number of anilines is 2. The second-order valence-corrected chi connectivity index (χ2v) is 10.1. The van der Waals surface area contributed by atoms with Gasteiger partial charge >= 0.3 is 0 Å². The van der Waals surface area contributed by atoms with Gasteiger partial charge in [0.2, 0.25) is 11.9 Å². The summed E-state index contributed by atoms with van der Waals surface area (Å²) in [6.45, 7) is 5.00. The average Bonchev–Trinajstić information content (AvgIpc) is 3.15. The topological polar surface area (TPSA) is 88.0 Å². The number of nitrogens with one attached hydrogen (secondary N) is 3. The fourth-order valence-corrected chi connectivity index (χ4v) is 6.54. The first-order valence-electron chi connectivity index (χ1n) is 11.9. The molecule has 1 spiro atoms. The molecule has 3 saturated carbocycles. The van der Waals surface area contributed by atoms with E-state index in [1.165, 1.54) is 0 Å². The highest BCUT2D eigenvalue weighted by Gasteiger charge is 2.60. The SMILES string of the molecule is CCn1c(NC(=O)C2CC3CCC2(C)CC32NC(=O)c3ccccc3N2)nc2ccccc21. The van der Waals surface area contributed by atoms with Crippen LogP contribution in [-0.4, -0.2) is 27.0 Å². The van der Waals surface area contributed by atoms with Crippen molar-refractivity contribution in [3.63, 3.8) is 0 Å². The van der Waals surface area contributed by atoms with Crippen molar-refractivity contribution in [3.8, 4) is 0 Å². The third kappa shape index (κ3) is 2.98. The highest BCUT2D eigenvalue weighted by Crippen LogP contribution is 2.58. The van der Waals surface area contributed by atoms with Crippen LogP contribution in [0.25, 0.3) is 11.0 Å². The van der Waals surface area contributed by atoms with Crippen LogP contribution >= 0.6 is 0 Å². The number of nitrogens with zero attached hydrogens (tertiary/aromatic N) is 2. The van der Waals surface area contributed by atoms with Gasteiger partial charge in [-0.3, -0.25) is 14.9 Å². The minimum absolute atomic E-state index is 0.0295. The standard InChI is InChI=1S/C26H29N5O2/c1-3-31-21-11-7-6-10-20(21)27-24(31)28-23(33)18-14-16-12-13-25(18,2)15-26(16)29-19-9-5-4-8-17(19)22(32)30-26/h4-11,16,18,29H,3,12-15H2,1-2H3,(H,30,32)(H,27,28,33). The number of para-hydroxylation sites is 3. The van der Waals surface area contributed by atoms with E-state index in [9.17, 15) is 9.59 Å². The van der Waals surface area contributed by atoms with Crippen molar-refractivity contribution in [2.24, 2.45) is 17.3 Å². The number of fused-ring (bicyclic) bond motifs is 4. The number of carbonyl (C=O) groups excluding carboxylic acids is 2. The lowest BCUT2D eigenvalue weighted by molar-refractivity contribution is -0.134. The second-order valence-electron chi connectivity index (χ2n) is 10.1. The Kier molecular flexibility index (Phi) is 4.34. The molecule has 3 fully saturated rings. The summed E-state index contributed by atoms with van der Waals surface area (Å²) in [5.41, 5.74) is 2.77. The van der Waals surface area contributed by atoms with Gasteiger partial charge in [-0.15, -0.1) is 0 Å². The molecule has 3 aliphatic carbocycles. The second kappa shape index (κ2) is 7.07. The van der Waals surface area contributed by atoms with Crippen LogP contribution in [0.1, 0.15) is 49.9 Å². The van der Waals surface area contributed by atoms with Crippen LogP contribution in [-0.2, 0) is 11.3 Å². The van der Waals surface area contributed by atoms with Gasteiger partial charge in [-0.25, -0.2) is 4.98 Å². The van der Waals surface area contributed by atoms with Crippen LogP contribution in [0.2, 0.25) is 0 Å². The van der Waals surface area contributed by atoms with Crippen molar-refractivity contribution in [1.29, 1.82) is 0 Å². The smallest absolute Gasteiger partial charge is 0.255 e. The molecule has 4 atom stereocenters. The number of amides is 2. The molecule has 3 N–H and O–H groups in total. The van der Waals surface area contributed by atoms with Crippen molar-refractivity contribution in [3.05, 3.63) is 54.1 Å². The Balaban J connectivity index is 1.28. The summed E-state index contributed by atoms with van der Waals surface area (Å²) in [4.78, 5) is 31.2. The predicted molar refractivity (Wildman–Crippen MR) is 128 cm³/mol. The molecule has 1 aromatic heterocycles. The van der Waals surface area contributed by atoms with E-state index in [0.717, 1.165) is 48.9 Å². The van der Waals surface area contributed by atoms with E-state index < -0.39 is 5.66 Å². The van der Waals surface area contributed by atoms with Crippen LogP contribution in [0.4, 0.5) is 11.6 Å². The lowest BCUT2D eigenvalue weighted by Crippen LogP contribution is -2.70. The molecular weight excluding hydrogens is 414 g/mol. The first-order chi connectivity index (χ1) is 15.9. The quantitative estimate of drug-likeness (QED) is 0.561. The lowest BCUT2D eigenvalue weighted by atomic mass is 9.51. The molecule has 2 heterocycles. The fraction of sp³-hybridized carbons (Fsp3) is 0.423. The van der Waals surface area contributed by atoms with Crippen molar-refractivity contribution < 1.29 is 9.59 Å². The van der Waals surface area contributed by atoms with Crippen LogP contribution in [0.15, 0.2) is 48.5 Å². The summed E-state index contributed by atoms with van der Waals surface area (Å²) < 4.78 is 2.05. The predicted octanol–water partition coefficient (Wildman–Crippen LogP) is 4.37. The normalized spacial score (nSPS) is 30.1. The van der Waals surface area contributed by atoms with Gasteiger partial charge in [0.1, 0.15) is 5.66 Å². The Hall–Kier alpha value is -3.35. The monoisotopic (exact) mass is 443 g/mol. The van der Waals surface area contributed by atoms with Gasteiger partial charge < -0.3 is 15.2 Å². The molecule has 0 radical (unpaired) electrons. The van der Waals surface area contributed by atoms with Gasteiger partial charge in [-0.05, 0) is 62.3 Å². The summed E-state index contributed by atoms with van der Waals surface area (Å²) >= 11 is 0. The highest BCUT2D eigenvalue weighted by atomic mass is 16.2.